The molecule has 4 aromatic rings. The van der Waals surface area contributed by atoms with Gasteiger partial charge in [0.15, 0.2) is 5.65 Å². The normalized spacial score (nSPS) is 14.1. The number of nitrogens with zero attached hydrogens (tertiary/aromatic N) is 5. The molecule has 1 aliphatic rings. The number of nitrogens with one attached hydrogen (secondary N) is 1. The van der Waals surface area contributed by atoms with E-state index in [1.54, 1.807) is 6.20 Å². The molecule has 0 aliphatic carbocycles. The highest BCUT2D eigenvalue weighted by Crippen LogP contribution is 2.31. The molecule has 0 bridgehead atoms. The second kappa shape index (κ2) is 7.09. The van der Waals surface area contributed by atoms with Crippen molar-refractivity contribution in [3.8, 4) is 0 Å². The molecule has 0 amide bonds. The summed E-state index contributed by atoms with van der Waals surface area (Å²) < 4.78 is 0. The van der Waals surface area contributed by atoms with E-state index in [0.717, 1.165) is 37.4 Å². The number of aromatic amines is 1. The van der Waals surface area contributed by atoms with Crippen LogP contribution in [-0.2, 0) is 13.1 Å². The van der Waals surface area contributed by atoms with Gasteiger partial charge < -0.3 is 15.5 Å². The summed E-state index contributed by atoms with van der Waals surface area (Å²) in [5.41, 5.74) is 11.8. The van der Waals surface area contributed by atoms with Crippen LogP contribution in [0.4, 0.5) is 17.5 Å². The van der Waals surface area contributed by atoms with Crippen LogP contribution in [0.15, 0.2) is 54.7 Å². The van der Waals surface area contributed by atoms with E-state index in [-0.39, 0.29) is 5.95 Å². The predicted molar refractivity (Wildman–Crippen MR) is 116 cm³/mol. The number of aromatic nitrogens is 4. The van der Waals surface area contributed by atoms with Crippen molar-refractivity contribution in [3.05, 3.63) is 71.4 Å². The lowest BCUT2D eigenvalue weighted by Gasteiger charge is -2.25. The van der Waals surface area contributed by atoms with Crippen molar-refractivity contribution in [2.24, 2.45) is 0 Å². The van der Waals surface area contributed by atoms with E-state index in [9.17, 15) is 0 Å². The number of para-hydroxylation sites is 1. The van der Waals surface area contributed by atoms with Gasteiger partial charge in [-0.05, 0) is 24.1 Å². The Hall–Kier alpha value is -3.61. The number of fused-ring (bicyclic) bond motifs is 2. The maximum Gasteiger partial charge on any atom is 0.224 e. The van der Waals surface area contributed by atoms with Gasteiger partial charge in [-0.2, -0.15) is 15.1 Å². The number of nitrogens with two attached hydrogens (primary N) is 1. The monoisotopic (exact) mass is 385 g/mol. The minimum atomic E-state index is 0.255. The van der Waals surface area contributed by atoms with Crippen LogP contribution in [0, 0.1) is 6.92 Å². The standard InChI is InChI=1S/C22H23N7/c1-15-5-4-6-16(11-15)13-28-9-10-29(14-17-7-2-3-8-19(17)28)21-18-12-24-27-20(18)25-22(23)26-21/h2-8,11-12H,9-10,13-14H2,1H3,(H3,23,24,25,26,27). The Balaban J connectivity index is 1.51. The molecular weight excluding hydrogens is 362 g/mol. The van der Waals surface area contributed by atoms with E-state index in [2.05, 4.69) is 85.4 Å². The zero-order chi connectivity index (χ0) is 19.8. The Labute approximate surface area is 169 Å². The molecule has 146 valence electrons. The van der Waals surface area contributed by atoms with Crippen LogP contribution in [0.1, 0.15) is 16.7 Å². The number of anilines is 3. The third-order valence-corrected chi connectivity index (χ3v) is 5.40. The summed E-state index contributed by atoms with van der Waals surface area (Å²) in [6, 6.07) is 17.3. The van der Waals surface area contributed by atoms with Crippen LogP contribution in [0.25, 0.3) is 11.0 Å². The molecule has 3 N–H and O–H groups in total. The maximum atomic E-state index is 5.96. The molecule has 2 aromatic heterocycles. The molecule has 0 spiro atoms. The highest BCUT2D eigenvalue weighted by Gasteiger charge is 2.23. The first kappa shape index (κ1) is 17.5. The van der Waals surface area contributed by atoms with Crippen LogP contribution >= 0.6 is 0 Å². The summed E-state index contributed by atoms with van der Waals surface area (Å²) in [7, 11) is 0. The van der Waals surface area contributed by atoms with Crippen molar-refractivity contribution < 1.29 is 0 Å². The summed E-state index contributed by atoms with van der Waals surface area (Å²) in [4.78, 5) is 13.5. The fourth-order valence-corrected chi connectivity index (χ4v) is 4.05. The second-order valence-electron chi connectivity index (χ2n) is 7.50. The first-order valence-corrected chi connectivity index (χ1v) is 9.77. The Morgan fingerprint density at radius 3 is 2.86 bits per heavy atom. The molecule has 1 aliphatic heterocycles. The van der Waals surface area contributed by atoms with Crippen LogP contribution in [-0.4, -0.2) is 33.3 Å². The molecule has 0 saturated carbocycles. The number of aryl methyl sites for hydroxylation is 1. The highest BCUT2D eigenvalue weighted by atomic mass is 15.3. The van der Waals surface area contributed by atoms with Gasteiger partial charge in [-0.25, -0.2) is 0 Å². The lowest BCUT2D eigenvalue weighted by Crippen LogP contribution is -2.31. The summed E-state index contributed by atoms with van der Waals surface area (Å²) in [6.45, 7) is 5.49. The lowest BCUT2D eigenvalue weighted by atomic mass is 10.1. The summed E-state index contributed by atoms with van der Waals surface area (Å²) in [5.74, 6) is 1.08. The third kappa shape index (κ3) is 3.35. The molecule has 7 heteroatoms. The molecule has 0 unspecified atom stereocenters. The minimum Gasteiger partial charge on any atom is -0.368 e. The zero-order valence-corrected chi connectivity index (χ0v) is 16.3. The van der Waals surface area contributed by atoms with Gasteiger partial charge in [0, 0.05) is 31.9 Å². The number of nitrogen functional groups attached to an aromatic ring is 1. The summed E-state index contributed by atoms with van der Waals surface area (Å²) >= 11 is 0. The first-order valence-electron chi connectivity index (χ1n) is 9.77. The molecule has 0 fully saturated rings. The summed E-state index contributed by atoms with van der Waals surface area (Å²) in [6.07, 6.45) is 1.77. The largest absolute Gasteiger partial charge is 0.368 e. The number of H-pyrrole nitrogens is 1. The predicted octanol–water partition coefficient (Wildman–Crippen LogP) is 3.27. The molecule has 0 radical (unpaired) electrons. The maximum absolute atomic E-state index is 5.96. The van der Waals surface area contributed by atoms with Gasteiger partial charge in [0.05, 0.1) is 11.6 Å². The first-order chi connectivity index (χ1) is 14.2. The van der Waals surface area contributed by atoms with Gasteiger partial charge in [0.25, 0.3) is 0 Å². The van der Waals surface area contributed by atoms with Crippen molar-refractivity contribution in [2.75, 3.05) is 28.6 Å². The Morgan fingerprint density at radius 2 is 1.97 bits per heavy atom. The van der Waals surface area contributed by atoms with E-state index >= 15 is 0 Å². The summed E-state index contributed by atoms with van der Waals surface area (Å²) in [5, 5.41) is 7.92. The second-order valence-corrected chi connectivity index (χ2v) is 7.50. The van der Waals surface area contributed by atoms with Crippen LogP contribution in [0.3, 0.4) is 0 Å². The van der Waals surface area contributed by atoms with E-state index in [4.69, 9.17) is 5.73 Å². The Kier molecular flexibility index (Phi) is 4.27. The van der Waals surface area contributed by atoms with E-state index in [1.807, 2.05) is 0 Å². The number of benzene rings is 2. The van der Waals surface area contributed by atoms with Gasteiger partial charge >= 0.3 is 0 Å². The molecule has 2 aromatic carbocycles. The van der Waals surface area contributed by atoms with Crippen molar-refractivity contribution in [2.45, 2.75) is 20.0 Å². The molecule has 0 atom stereocenters. The smallest absolute Gasteiger partial charge is 0.224 e. The van der Waals surface area contributed by atoms with Gasteiger partial charge in [0.1, 0.15) is 5.82 Å². The van der Waals surface area contributed by atoms with Crippen molar-refractivity contribution in [1.82, 2.24) is 20.2 Å². The number of rotatable bonds is 3. The van der Waals surface area contributed by atoms with E-state index < -0.39 is 0 Å². The fourth-order valence-electron chi connectivity index (χ4n) is 4.05. The minimum absolute atomic E-state index is 0.255. The Bertz CT molecular complexity index is 1170. The van der Waals surface area contributed by atoms with Crippen LogP contribution < -0.4 is 15.5 Å². The molecular formula is C22H23N7. The topological polar surface area (TPSA) is 87.0 Å². The number of hydrogen-bond acceptors (Lipinski definition) is 6. The molecule has 29 heavy (non-hydrogen) atoms. The van der Waals surface area contributed by atoms with E-state index in [1.165, 1.54) is 22.4 Å². The van der Waals surface area contributed by atoms with Gasteiger partial charge in [-0.1, -0.05) is 48.0 Å². The average molecular weight is 385 g/mol. The van der Waals surface area contributed by atoms with Crippen molar-refractivity contribution in [3.63, 3.8) is 0 Å². The lowest BCUT2D eigenvalue weighted by molar-refractivity contribution is 0.751. The van der Waals surface area contributed by atoms with E-state index in [0.29, 0.717) is 5.65 Å². The molecule has 5 rings (SSSR count). The molecule has 0 saturated heterocycles. The fraction of sp³-hybridized carbons (Fsp3) is 0.227. The SMILES string of the molecule is Cc1cccc(CN2CCN(c3nc(N)nc4[nH]ncc34)Cc3ccccc32)c1. The van der Waals surface area contributed by atoms with Crippen molar-refractivity contribution in [1.29, 1.82) is 0 Å². The number of hydrogen-bond donors (Lipinski definition) is 2. The van der Waals surface area contributed by atoms with Gasteiger partial charge in [-0.3, -0.25) is 5.10 Å². The average Bonchev–Trinajstić information content (AvgIpc) is 3.10. The third-order valence-electron chi connectivity index (χ3n) is 5.40. The Morgan fingerprint density at radius 1 is 1.07 bits per heavy atom. The zero-order valence-electron chi connectivity index (χ0n) is 16.3. The van der Waals surface area contributed by atoms with Crippen LogP contribution in [0.5, 0.6) is 0 Å². The highest BCUT2D eigenvalue weighted by molar-refractivity contribution is 5.87. The quantitative estimate of drug-likeness (QED) is 0.563. The molecule has 7 nitrogen and oxygen atoms in total. The van der Waals surface area contributed by atoms with Crippen LogP contribution in [0.2, 0.25) is 0 Å². The van der Waals surface area contributed by atoms with Crippen molar-refractivity contribution >= 4 is 28.5 Å². The molecule has 3 heterocycles. The van der Waals surface area contributed by atoms with Gasteiger partial charge in [0.2, 0.25) is 5.95 Å². The van der Waals surface area contributed by atoms with Gasteiger partial charge in [-0.15, -0.1) is 0 Å².